The van der Waals surface area contributed by atoms with E-state index in [1.807, 2.05) is 5.32 Å². The average molecular weight is 197 g/mol. The Balaban J connectivity index is 5.17. The zero-order chi connectivity index (χ0) is 10.9. The maximum absolute atomic E-state index is 8.83. The van der Waals surface area contributed by atoms with E-state index < -0.39 is 17.5 Å². The Morgan fingerprint density at radius 1 is 0.923 bits per heavy atom. The quantitative estimate of drug-likeness (QED) is 0.234. The molecule has 0 bridgehead atoms. The largest absolute Gasteiger partial charge is 0.342 e. The molecule has 0 saturated carbocycles. The van der Waals surface area contributed by atoms with E-state index in [9.17, 15) is 0 Å². The molecule has 0 unspecified atom stereocenters. The van der Waals surface area contributed by atoms with Crippen LogP contribution in [0.25, 0.3) is 0 Å². The summed E-state index contributed by atoms with van der Waals surface area (Å²) >= 11 is 0. The molecule has 0 radical (unpaired) electrons. The standard InChI is InChI=1S/C6H15NO6/c1-3-4(7-2,5(8,9)10)6(11,12)13/h7-13H,3H2,1-2H3. The van der Waals surface area contributed by atoms with Crippen molar-refractivity contribution in [1.29, 1.82) is 0 Å². The topological polar surface area (TPSA) is 133 Å². The molecule has 0 saturated heterocycles. The van der Waals surface area contributed by atoms with Gasteiger partial charge in [0.05, 0.1) is 0 Å². The molecular weight excluding hydrogens is 182 g/mol. The van der Waals surface area contributed by atoms with Gasteiger partial charge >= 0.3 is 11.9 Å². The Kier molecular flexibility index (Phi) is 3.39. The molecule has 7 nitrogen and oxygen atoms in total. The fraction of sp³-hybridized carbons (Fsp3) is 1.00. The summed E-state index contributed by atoms with van der Waals surface area (Å²) in [6.45, 7) is 1.31. The Labute approximate surface area is 74.9 Å². The Bertz CT molecular complexity index is 149. The molecule has 0 atom stereocenters. The molecule has 0 fully saturated rings. The summed E-state index contributed by atoms with van der Waals surface area (Å²) in [5, 5.41) is 55.0. The van der Waals surface area contributed by atoms with Crippen LogP contribution in [0.15, 0.2) is 0 Å². The highest BCUT2D eigenvalue weighted by molar-refractivity contribution is 4.97. The Hall–Kier alpha value is -0.280. The van der Waals surface area contributed by atoms with E-state index in [-0.39, 0.29) is 6.42 Å². The summed E-state index contributed by atoms with van der Waals surface area (Å²) in [5.41, 5.74) is -2.46. The van der Waals surface area contributed by atoms with Gasteiger partial charge in [0.25, 0.3) is 0 Å². The molecule has 0 heterocycles. The van der Waals surface area contributed by atoms with Crippen molar-refractivity contribution in [2.45, 2.75) is 30.8 Å². The molecule has 0 amide bonds. The monoisotopic (exact) mass is 197 g/mol. The highest BCUT2D eigenvalue weighted by Crippen LogP contribution is 2.29. The fourth-order valence-electron chi connectivity index (χ4n) is 1.21. The van der Waals surface area contributed by atoms with Crippen LogP contribution in [0.2, 0.25) is 0 Å². The van der Waals surface area contributed by atoms with Gasteiger partial charge in [-0.25, -0.2) is 0 Å². The predicted molar refractivity (Wildman–Crippen MR) is 40.9 cm³/mol. The van der Waals surface area contributed by atoms with E-state index in [1.54, 1.807) is 0 Å². The summed E-state index contributed by atoms with van der Waals surface area (Å²) in [4.78, 5) is 0. The number of hydrogen-bond donors (Lipinski definition) is 7. The third-order valence-corrected chi connectivity index (χ3v) is 2.10. The van der Waals surface area contributed by atoms with Gasteiger partial charge in [-0.2, -0.15) is 0 Å². The SMILES string of the molecule is CCC(NC)(C(O)(O)O)C(O)(O)O. The smallest absolute Gasteiger partial charge is 0.303 e. The Morgan fingerprint density at radius 2 is 1.23 bits per heavy atom. The van der Waals surface area contributed by atoms with E-state index in [1.165, 1.54) is 6.92 Å². The lowest BCUT2D eigenvalue weighted by atomic mass is 9.90. The molecule has 0 aliphatic carbocycles. The second-order valence-electron chi connectivity index (χ2n) is 2.78. The molecule has 0 aromatic carbocycles. The van der Waals surface area contributed by atoms with Crippen LogP contribution in [-0.4, -0.2) is 55.2 Å². The summed E-state index contributed by atoms with van der Waals surface area (Å²) in [6.07, 6.45) is -0.337. The molecule has 80 valence electrons. The van der Waals surface area contributed by atoms with Gasteiger partial charge in [0.1, 0.15) is 0 Å². The third-order valence-electron chi connectivity index (χ3n) is 2.10. The van der Waals surface area contributed by atoms with Crippen molar-refractivity contribution in [2.75, 3.05) is 7.05 Å². The average Bonchev–Trinajstić information content (AvgIpc) is 1.84. The molecule has 0 rings (SSSR count). The summed E-state index contributed by atoms with van der Waals surface area (Å²) in [6, 6.07) is 0. The van der Waals surface area contributed by atoms with Gasteiger partial charge in [0.15, 0.2) is 5.54 Å². The molecule has 0 aliphatic heterocycles. The fourth-order valence-corrected chi connectivity index (χ4v) is 1.21. The van der Waals surface area contributed by atoms with Crippen molar-refractivity contribution in [3.8, 4) is 0 Å². The number of rotatable bonds is 4. The van der Waals surface area contributed by atoms with E-state index in [0.717, 1.165) is 7.05 Å². The minimum atomic E-state index is -3.46. The van der Waals surface area contributed by atoms with Crippen LogP contribution in [0, 0.1) is 0 Å². The van der Waals surface area contributed by atoms with Crippen LogP contribution < -0.4 is 5.32 Å². The van der Waals surface area contributed by atoms with E-state index in [0.29, 0.717) is 0 Å². The zero-order valence-corrected chi connectivity index (χ0v) is 7.39. The molecule has 0 aromatic heterocycles. The maximum Gasteiger partial charge on any atom is 0.303 e. The van der Waals surface area contributed by atoms with Crippen LogP contribution in [-0.2, 0) is 0 Å². The van der Waals surface area contributed by atoms with Gasteiger partial charge in [0.2, 0.25) is 0 Å². The lowest BCUT2D eigenvalue weighted by Crippen LogP contribution is -2.74. The number of nitrogens with one attached hydrogen (secondary N) is 1. The first-order valence-electron chi connectivity index (χ1n) is 3.65. The molecule has 0 aliphatic rings. The highest BCUT2D eigenvalue weighted by atomic mass is 16.7. The number of likely N-dealkylation sites (N-methyl/N-ethyl adjacent to an activating group) is 1. The van der Waals surface area contributed by atoms with Gasteiger partial charge in [-0.15, -0.1) is 0 Å². The van der Waals surface area contributed by atoms with Crippen LogP contribution in [0.4, 0.5) is 0 Å². The Morgan fingerprint density at radius 3 is 1.23 bits per heavy atom. The predicted octanol–water partition coefficient (Wildman–Crippen LogP) is -3.38. The van der Waals surface area contributed by atoms with Crippen molar-refractivity contribution in [3.05, 3.63) is 0 Å². The second kappa shape index (κ2) is 3.46. The highest BCUT2D eigenvalue weighted by Gasteiger charge is 2.60. The maximum atomic E-state index is 8.83. The van der Waals surface area contributed by atoms with Crippen molar-refractivity contribution in [3.63, 3.8) is 0 Å². The summed E-state index contributed by atoms with van der Waals surface area (Å²) < 4.78 is 0. The van der Waals surface area contributed by atoms with E-state index >= 15 is 0 Å². The lowest BCUT2D eigenvalue weighted by Gasteiger charge is -2.43. The van der Waals surface area contributed by atoms with Gasteiger partial charge in [-0.3, -0.25) is 0 Å². The molecule has 13 heavy (non-hydrogen) atoms. The first-order chi connectivity index (χ1) is 5.62. The molecule has 0 aromatic rings. The lowest BCUT2D eigenvalue weighted by molar-refractivity contribution is -0.453. The second-order valence-corrected chi connectivity index (χ2v) is 2.78. The van der Waals surface area contributed by atoms with Gasteiger partial charge in [0, 0.05) is 0 Å². The molecule has 7 heteroatoms. The first-order valence-corrected chi connectivity index (χ1v) is 3.65. The van der Waals surface area contributed by atoms with E-state index in [4.69, 9.17) is 30.6 Å². The molecule has 0 spiro atoms. The van der Waals surface area contributed by atoms with Crippen LogP contribution in [0.1, 0.15) is 13.3 Å². The molecular formula is C6H15NO6. The first kappa shape index (κ1) is 12.7. The van der Waals surface area contributed by atoms with Crippen LogP contribution >= 0.6 is 0 Å². The minimum Gasteiger partial charge on any atom is -0.342 e. The van der Waals surface area contributed by atoms with Gasteiger partial charge in [-0.05, 0) is 13.5 Å². The number of aliphatic hydroxyl groups is 6. The summed E-state index contributed by atoms with van der Waals surface area (Å²) in [7, 11) is 1.12. The normalized spacial score (nSPS) is 14.8. The van der Waals surface area contributed by atoms with Crippen molar-refractivity contribution < 1.29 is 30.6 Å². The molecule has 7 N–H and O–H groups in total. The van der Waals surface area contributed by atoms with Crippen molar-refractivity contribution in [2.24, 2.45) is 0 Å². The number of hydrogen-bond acceptors (Lipinski definition) is 7. The summed E-state index contributed by atoms with van der Waals surface area (Å²) in [5.74, 6) is -6.93. The van der Waals surface area contributed by atoms with Crippen molar-refractivity contribution >= 4 is 0 Å². The zero-order valence-electron chi connectivity index (χ0n) is 7.39. The van der Waals surface area contributed by atoms with Crippen LogP contribution in [0.3, 0.4) is 0 Å². The third kappa shape index (κ3) is 1.97. The van der Waals surface area contributed by atoms with E-state index in [2.05, 4.69) is 0 Å². The minimum absolute atomic E-state index is 0.337. The van der Waals surface area contributed by atoms with Crippen molar-refractivity contribution in [1.82, 2.24) is 5.32 Å². The van der Waals surface area contributed by atoms with Crippen LogP contribution in [0.5, 0.6) is 0 Å². The van der Waals surface area contributed by atoms with Gasteiger partial charge in [-0.1, -0.05) is 6.92 Å². The van der Waals surface area contributed by atoms with Gasteiger partial charge < -0.3 is 36.0 Å².